The van der Waals surface area contributed by atoms with Crippen molar-refractivity contribution in [2.75, 3.05) is 26.7 Å². The fourth-order valence-corrected chi connectivity index (χ4v) is 4.51. The Morgan fingerprint density at radius 3 is 2.62 bits per heavy atom. The van der Waals surface area contributed by atoms with Gasteiger partial charge in [0.25, 0.3) is 5.91 Å². The van der Waals surface area contributed by atoms with Gasteiger partial charge in [-0.15, -0.1) is 0 Å². The number of hydrogen-bond donors (Lipinski definition) is 1. The molecule has 1 N–H and O–H groups in total. The fraction of sp³-hybridized carbons (Fsp3) is 0.375. The summed E-state index contributed by atoms with van der Waals surface area (Å²) in [5, 5.41) is 3.89. The molecule has 1 aliphatic rings. The number of likely N-dealkylation sites (tertiary alicyclic amines) is 1. The van der Waals surface area contributed by atoms with Crippen LogP contribution in [0, 0.1) is 12.7 Å². The molecule has 4 rings (SSSR count). The highest BCUT2D eigenvalue weighted by molar-refractivity contribution is 5.98. The Balaban J connectivity index is 1.45. The number of aromatic nitrogens is 1. The van der Waals surface area contributed by atoms with Crippen molar-refractivity contribution in [2.45, 2.75) is 32.2 Å². The van der Waals surface area contributed by atoms with Crippen LogP contribution in [0.1, 0.15) is 40.5 Å². The minimum atomic E-state index is -0.108. The Bertz CT molecular complexity index is 1020. The van der Waals surface area contributed by atoms with Crippen LogP contribution in [0.4, 0.5) is 4.39 Å². The first-order valence-corrected chi connectivity index (χ1v) is 10.4. The van der Waals surface area contributed by atoms with Gasteiger partial charge in [-0.2, -0.15) is 0 Å². The van der Waals surface area contributed by atoms with Crippen LogP contribution in [0.3, 0.4) is 0 Å². The smallest absolute Gasteiger partial charge is 0.251 e. The van der Waals surface area contributed by atoms with Crippen LogP contribution in [0.2, 0.25) is 0 Å². The number of carbonyl (C=O) groups excluding carboxylic acids is 1. The van der Waals surface area contributed by atoms with E-state index in [4.69, 9.17) is 0 Å². The number of nitrogens with one attached hydrogen (secondary N) is 1. The van der Waals surface area contributed by atoms with E-state index in [9.17, 15) is 9.18 Å². The molecule has 2 aromatic carbocycles. The molecule has 0 bridgehead atoms. The van der Waals surface area contributed by atoms with E-state index in [0.29, 0.717) is 11.6 Å². The van der Waals surface area contributed by atoms with Crippen molar-refractivity contribution in [1.82, 2.24) is 14.8 Å². The first-order chi connectivity index (χ1) is 14.1. The van der Waals surface area contributed by atoms with Gasteiger partial charge in [0, 0.05) is 49.5 Å². The number of benzene rings is 2. The first-order valence-electron chi connectivity index (χ1n) is 10.4. The van der Waals surface area contributed by atoms with Crippen LogP contribution < -0.4 is 5.32 Å². The van der Waals surface area contributed by atoms with Crippen LogP contribution in [-0.4, -0.2) is 42.1 Å². The number of halogens is 1. The third-order valence-corrected chi connectivity index (χ3v) is 6.10. The molecule has 1 aliphatic heterocycles. The molecule has 1 aromatic heterocycles. The lowest BCUT2D eigenvalue weighted by molar-refractivity contribution is 0.0963. The molecule has 0 saturated carbocycles. The SMILES string of the molecule is CNC(=O)c1ccc2cc(C)n(C3CCN(CCc4ccccc4F)CC3)c2c1. The quantitative estimate of drug-likeness (QED) is 0.701. The first kappa shape index (κ1) is 19.6. The van der Waals surface area contributed by atoms with Crippen molar-refractivity contribution in [3.63, 3.8) is 0 Å². The van der Waals surface area contributed by atoms with Gasteiger partial charge in [0.1, 0.15) is 5.82 Å². The predicted molar refractivity (Wildman–Crippen MR) is 115 cm³/mol. The second-order valence-corrected chi connectivity index (χ2v) is 7.92. The van der Waals surface area contributed by atoms with Crippen LogP contribution >= 0.6 is 0 Å². The summed E-state index contributed by atoms with van der Waals surface area (Å²) in [7, 11) is 1.66. The van der Waals surface area contributed by atoms with Crippen molar-refractivity contribution in [3.8, 4) is 0 Å². The number of aryl methyl sites for hydroxylation is 1. The highest BCUT2D eigenvalue weighted by atomic mass is 19.1. The molecular weight excluding hydrogens is 365 g/mol. The standard InChI is InChI=1S/C24H28FN3O/c1-17-15-19-7-8-20(24(29)26-2)16-23(19)28(17)21-10-13-27(14-11-21)12-9-18-5-3-4-6-22(18)25/h3-8,15-16,21H,9-14H2,1-2H3,(H,26,29). The molecule has 5 heteroatoms. The van der Waals surface area contributed by atoms with Crippen LogP contribution in [0.25, 0.3) is 10.9 Å². The molecule has 1 saturated heterocycles. The summed E-state index contributed by atoms with van der Waals surface area (Å²) in [5.41, 5.74) is 3.86. The van der Waals surface area contributed by atoms with Crippen molar-refractivity contribution in [3.05, 3.63) is 71.2 Å². The zero-order chi connectivity index (χ0) is 20.4. The largest absolute Gasteiger partial charge is 0.355 e. The van der Waals surface area contributed by atoms with E-state index >= 15 is 0 Å². The Morgan fingerprint density at radius 2 is 1.90 bits per heavy atom. The van der Waals surface area contributed by atoms with Gasteiger partial charge in [-0.1, -0.05) is 24.3 Å². The van der Waals surface area contributed by atoms with Crippen LogP contribution in [-0.2, 0) is 6.42 Å². The molecule has 1 amide bonds. The fourth-order valence-electron chi connectivity index (χ4n) is 4.51. The topological polar surface area (TPSA) is 37.3 Å². The molecule has 0 spiro atoms. The number of carbonyl (C=O) groups is 1. The van der Waals surface area contributed by atoms with Crippen molar-refractivity contribution < 1.29 is 9.18 Å². The molecule has 0 atom stereocenters. The summed E-state index contributed by atoms with van der Waals surface area (Å²) < 4.78 is 16.2. The predicted octanol–water partition coefficient (Wildman–Crippen LogP) is 4.33. The van der Waals surface area contributed by atoms with E-state index in [1.807, 2.05) is 30.3 Å². The minimum absolute atomic E-state index is 0.0553. The monoisotopic (exact) mass is 393 g/mol. The van der Waals surface area contributed by atoms with Gasteiger partial charge in [0.15, 0.2) is 0 Å². The minimum Gasteiger partial charge on any atom is -0.355 e. The Kier molecular flexibility index (Phi) is 5.67. The molecule has 1 fully saturated rings. The summed E-state index contributed by atoms with van der Waals surface area (Å²) in [5.74, 6) is -0.163. The van der Waals surface area contributed by atoms with Crippen molar-refractivity contribution >= 4 is 16.8 Å². The maximum Gasteiger partial charge on any atom is 0.251 e. The molecular formula is C24H28FN3O. The Labute approximate surface area is 171 Å². The summed E-state index contributed by atoms with van der Waals surface area (Å²) in [6.45, 7) is 5.05. The zero-order valence-corrected chi connectivity index (χ0v) is 17.1. The van der Waals surface area contributed by atoms with E-state index in [0.717, 1.165) is 50.0 Å². The van der Waals surface area contributed by atoms with Crippen LogP contribution in [0.15, 0.2) is 48.5 Å². The van der Waals surface area contributed by atoms with E-state index in [2.05, 4.69) is 27.8 Å². The van der Waals surface area contributed by atoms with Crippen molar-refractivity contribution in [2.24, 2.45) is 0 Å². The second-order valence-electron chi connectivity index (χ2n) is 7.92. The van der Waals surface area contributed by atoms with Crippen LogP contribution in [0.5, 0.6) is 0 Å². The van der Waals surface area contributed by atoms with Gasteiger partial charge in [-0.25, -0.2) is 4.39 Å². The van der Waals surface area contributed by atoms with Gasteiger partial charge in [-0.05, 0) is 61.4 Å². The number of hydrogen-bond acceptors (Lipinski definition) is 2. The average Bonchev–Trinajstić information content (AvgIpc) is 3.08. The Hall–Kier alpha value is -2.66. The van der Waals surface area contributed by atoms with Gasteiger partial charge in [-0.3, -0.25) is 4.79 Å². The molecule has 0 radical (unpaired) electrons. The maximum atomic E-state index is 13.8. The third-order valence-electron chi connectivity index (χ3n) is 6.10. The summed E-state index contributed by atoms with van der Waals surface area (Å²) >= 11 is 0. The van der Waals surface area contributed by atoms with Crippen molar-refractivity contribution in [1.29, 1.82) is 0 Å². The number of nitrogens with zero attached hydrogens (tertiary/aromatic N) is 2. The maximum absolute atomic E-state index is 13.8. The molecule has 2 heterocycles. The average molecular weight is 394 g/mol. The number of fused-ring (bicyclic) bond motifs is 1. The molecule has 0 aliphatic carbocycles. The number of amides is 1. The molecule has 152 valence electrons. The van der Waals surface area contributed by atoms with Gasteiger partial charge in [0.05, 0.1) is 0 Å². The zero-order valence-electron chi connectivity index (χ0n) is 17.1. The van der Waals surface area contributed by atoms with E-state index in [1.165, 1.54) is 17.1 Å². The number of piperidine rings is 1. The van der Waals surface area contributed by atoms with Gasteiger partial charge >= 0.3 is 0 Å². The van der Waals surface area contributed by atoms with Gasteiger partial charge in [0.2, 0.25) is 0 Å². The van der Waals surface area contributed by atoms with Gasteiger partial charge < -0.3 is 14.8 Å². The van der Waals surface area contributed by atoms with E-state index in [1.54, 1.807) is 13.1 Å². The third kappa shape index (κ3) is 4.06. The lowest BCUT2D eigenvalue weighted by Gasteiger charge is -2.34. The molecule has 4 nitrogen and oxygen atoms in total. The molecule has 29 heavy (non-hydrogen) atoms. The molecule has 0 unspecified atom stereocenters. The Morgan fingerprint density at radius 1 is 1.14 bits per heavy atom. The van der Waals surface area contributed by atoms with E-state index in [-0.39, 0.29) is 11.7 Å². The summed E-state index contributed by atoms with van der Waals surface area (Å²) in [4.78, 5) is 14.5. The second kappa shape index (κ2) is 8.37. The lowest BCUT2D eigenvalue weighted by atomic mass is 10.0. The highest BCUT2D eigenvalue weighted by Crippen LogP contribution is 2.31. The highest BCUT2D eigenvalue weighted by Gasteiger charge is 2.23. The number of rotatable bonds is 5. The van der Waals surface area contributed by atoms with E-state index < -0.39 is 0 Å². The lowest BCUT2D eigenvalue weighted by Crippen LogP contribution is -2.36. The molecule has 3 aromatic rings. The normalized spacial score (nSPS) is 15.7. The summed E-state index contributed by atoms with van der Waals surface area (Å²) in [6, 6.07) is 15.6. The summed E-state index contributed by atoms with van der Waals surface area (Å²) in [6.07, 6.45) is 2.87.